The average molecular weight is 479 g/mol. The molecule has 0 bridgehead atoms. The molecule has 0 amide bonds. The van der Waals surface area contributed by atoms with Crippen LogP contribution in [0.15, 0.2) is 84.9 Å². The Balaban J connectivity index is 0.000000286. The van der Waals surface area contributed by atoms with E-state index in [2.05, 4.69) is 77.8 Å². The van der Waals surface area contributed by atoms with E-state index < -0.39 is 0 Å². The number of allylic oxidation sites excluding steroid dienone is 1. The van der Waals surface area contributed by atoms with Gasteiger partial charge >= 0.3 is 0 Å². The predicted molar refractivity (Wildman–Crippen MR) is 151 cm³/mol. The van der Waals surface area contributed by atoms with E-state index >= 15 is 0 Å². The molecule has 2 fully saturated rings. The molecule has 0 aromatic heterocycles. The van der Waals surface area contributed by atoms with Crippen LogP contribution in [0.4, 0.5) is 5.69 Å². The largest absolute Gasteiger partial charge is 0.388 e. The first kappa shape index (κ1) is 24.5. The molecular formula is C33H38N2O. The van der Waals surface area contributed by atoms with Crippen molar-refractivity contribution in [2.45, 2.75) is 50.0 Å². The lowest BCUT2D eigenvalue weighted by atomic mass is 9.68. The van der Waals surface area contributed by atoms with Gasteiger partial charge in [0.2, 0.25) is 0 Å². The van der Waals surface area contributed by atoms with Crippen molar-refractivity contribution in [3.05, 3.63) is 107 Å². The van der Waals surface area contributed by atoms with E-state index in [1.54, 1.807) is 17.7 Å². The maximum atomic E-state index is 10.0. The minimum Gasteiger partial charge on any atom is -0.388 e. The fourth-order valence-electron chi connectivity index (χ4n) is 6.60. The molecule has 3 aliphatic rings. The summed E-state index contributed by atoms with van der Waals surface area (Å²) in [6, 6.07) is 28.0. The number of nitrogens with zero attached hydrogens (tertiary/aromatic N) is 1. The third-order valence-corrected chi connectivity index (χ3v) is 8.75. The molecule has 1 N–H and O–H groups in total. The highest BCUT2D eigenvalue weighted by molar-refractivity contribution is 5.74. The molecule has 3 heteroatoms. The Bertz CT molecular complexity index is 1190. The smallest absolute Gasteiger partial charge is 0.150 e. The lowest BCUT2D eigenvalue weighted by Crippen LogP contribution is -2.50. The summed E-state index contributed by atoms with van der Waals surface area (Å²) in [5.41, 5.74) is 6.74. The summed E-state index contributed by atoms with van der Waals surface area (Å²) in [6.45, 7) is 4.94. The Morgan fingerprint density at radius 2 is 1.69 bits per heavy atom. The van der Waals surface area contributed by atoms with Crippen LogP contribution in [0.25, 0.3) is 6.08 Å². The number of nitrogens with one attached hydrogen (secondary N) is 1. The molecule has 36 heavy (non-hydrogen) atoms. The Kier molecular flexibility index (Phi) is 7.38. The second-order valence-electron chi connectivity index (χ2n) is 10.7. The lowest BCUT2D eigenvalue weighted by molar-refractivity contribution is 0.0898. The number of carbonyl (C=O) groups is 1. The van der Waals surface area contributed by atoms with Gasteiger partial charge in [-0.25, -0.2) is 0 Å². The monoisotopic (exact) mass is 478 g/mol. The van der Waals surface area contributed by atoms with Gasteiger partial charge in [0.15, 0.2) is 0 Å². The van der Waals surface area contributed by atoms with Gasteiger partial charge in [-0.15, -0.1) is 0 Å². The molecule has 2 aliphatic carbocycles. The van der Waals surface area contributed by atoms with E-state index in [0.717, 1.165) is 23.8 Å². The zero-order valence-corrected chi connectivity index (χ0v) is 21.6. The summed E-state index contributed by atoms with van der Waals surface area (Å²) in [4.78, 5) is 12.8. The van der Waals surface area contributed by atoms with Crippen molar-refractivity contribution in [1.29, 1.82) is 0 Å². The van der Waals surface area contributed by atoms with Crippen molar-refractivity contribution in [3.63, 3.8) is 0 Å². The van der Waals surface area contributed by atoms with Gasteiger partial charge in [-0.05, 0) is 72.9 Å². The number of hydrogen-bond donors (Lipinski definition) is 1. The van der Waals surface area contributed by atoms with Gasteiger partial charge in [-0.1, -0.05) is 85.8 Å². The highest BCUT2D eigenvalue weighted by atomic mass is 16.1. The Morgan fingerprint density at radius 1 is 0.944 bits per heavy atom. The standard InChI is InChI=1S/C26H32N2.C7H6O/c1-19-18-28(16-15-26(19)14-13-21-5-3-4-6-25(21)26)24-12-9-22(17-24)20-7-10-23(27-2)11-8-20;8-6-7-4-2-1-3-5-7/h3-8,10-11,13-14,19,22,24,27H,9,12,15-18H2,1-2H3;1-6H. The van der Waals surface area contributed by atoms with E-state index in [0.29, 0.717) is 5.92 Å². The number of fused-ring (bicyclic) bond motifs is 2. The third kappa shape index (κ3) is 4.90. The molecular weight excluding hydrogens is 440 g/mol. The molecule has 4 atom stereocenters. The van der Waals surface area contributed by atoms with Crippen LogP contribution in [-0.4, -0.2) is 37.4 Å². The first-order valence-electron chi connectivity index (χ1n) is 13.4. The molecule has 3 aromatic rings. The fraction of sp³-hybridized carbons (Fsp3) is 0.364. The number of carbonyl (C=O) groups excluding carboxylic acids is 1. The molecule has 0 radical (unpaired) electrons. The van der Waals surface area contributed by atoms with E-state index in [1.807, 2.05) is 25.2 Å². The maximum absolute atomic E-state index is 10.0. The van der Waals surface area contributed by atoms with Crippen LogP contribution in [-0.2, 0) is 5.41 Å². The van der Waals surface area contributed by atoms with Crippen molar-refractivity contribution in [3.8, 4) is 0 Å². The number of hydrogen-bond acceptors (Lipinski definition) is 3. The van der Waals surface area contributed by atoms with Crippen LogP contribution in [0, 0.1) is 5.92 Å². The molecule has 3 aromatic carbocycles. The van der Waals surface area contributed by atoms with Crippen molar-refractivity contribution in [2.24, 2.45) is 5.92 Å². The maximum Gasteiger partial charge on any atom is 0.150 e. The minimum absolute atomic E-state index is 0.272. The molecule has 1 aliphatic heterocycles. The second kappa shape index (κ2) is 10.8. The van der Waals surface area contributed by atoms with Gasteiger partial charge < -0.3 is 10.2 Å². The molecule has 1 spiro atoms. The van der Waals surface area contributed by atoms with Crippen LogP contribution in [0.5, 0.6) is 0 Å². The highest BCUT2D eigenvalue weighted by Gasteiger charge is 2.45. The van der Waals surface area contributed by atoms with Gasteiger partial charge in [-0.2, -0.15) is 0 Å². The number of anilines is 1. The number of benzene rings is 3. The molecule has 4 unspecified atom stereocenters. The quantitative estimate of drug-likeness (QED) is 0.404. The molecule has 1 saturated heterocycles. The van der Waals surface area contributed by atoms with Crippen LogP contribution in [0.3, 0.4) is 0 Å². The summed E-state index contributed by atoms with van der Waals surface area (Å²) < 4.78 is 0. The molecule has 1 saturated carbocycles. The van der Waals surface area contributed by atoms with Crippen molar-refractivity contribution >= 4 is 18.0 Å². The van der Waals surface area contributed by atoms with E-state index in [4.69, 9.17) is 0 Å². The van der Waals surface area contributed by atoms with Crippen LogP contribution >= 0.6 is 0 Å². The number of aldehydes is 1. The Hall–Kier alpha value is -3.17. The number of likely N-dealkylation sites (tertiary alicyclic amines) is 1. The number of piperidine rings is 1. The first-order valence-corrected chi connectivity index (χ1v) is 13.4. The van der Waals surface area contributed by atoms with E-state index in [-0.39, 0.29) is 5.41 Å². The lowest BCUT2D eigenvalue weighted by Gasteiger charge is -2.46. The predicted octanol–water partition coefficient (Wildman–Crippen LogP) is 7.17. The highest BCUT2D eigenvalue weighted by Crippen LogP contribution is 2.48. The van der Waals surface area contributed by atoms with Gasteiger partial charge in [0.05, 0.1) is 0 Å². The van der Waals surface area contributed by atoms with Gasteiger partial charge in [0, 0.05) is 36.3 Å². The van der Waals surface area contributed by atoms with Crippen LogP contribution < -0.4 is 5.32 Å². The molecule has 3 nitrogen and oxygen atoms in total. The molecule has 6 rings (SSSR count). The van der Waals surface area contributed by atoms with Crippen molar-refractivity contribution in [2.75, 3.05) is 25.5 Å². The van der Waals surface area contributed by atoms with Gasteiger partial charge in [-0.3, -0.25) is 4.79 Å². The summed E-state index contributed by atoms with van der Waals surface area (Å²) in [7, 11) is 1.99. The average Bonchev–Trinajstić information content (AvgIpc) is 3.58. The van der Waals surface area contributed by atoms with Crippen LogP contribution in [0.2, 0.25) is 0 Å². The molecule has 1 heterocycles. The first-order chi connectivity index (χ1) is 17.6. The Morgan fingerprint density at radius 3 is 2.39 bits per heavy atom. The normalized spacial score (nSPS) is 26.8. The third-order valence-electron chi connectivity index (χ3n) is 8.75. The van der Waals surface area contributed by atoms with Crippen molar-refractivity contribution < 1.29 is 4.79 Å². The minimum atomic E-state index is 0.272. The zero-order chi connectivity index (χ0) is 25.0. The van der Waals surface area contributed by atoms with Crippen LogP contribution in [0.1, 0.15) is 65.6 Å². The van der Waals surface area contributed by atoms with E-state index in [9.17, 15) is 4.79 Å². The van der Waals surface area contributed by atoms with Crippen molar-refractivity contribution in [1.82, 2.24) is 4.90 Å². The SMILES string of the molecule is CNc1ccc(C2CCC(N3CCC4(C=Cc5ccccc54)C(C)C3)C2)cc1.O=Cc1ccccc1. The summed E-state index contributed by atoms with van der Waals surface area (Å²) >= 11 is 0. The topological polar surface area (TPSA) is 32.3 Å². The van der Waals surface area contributed by atoms with E-state index in [1.165, 1.54) is 55.6 Å². The Labute approximate surface area is 216 Å². The number of rotatable bonds is 4. The van der Waals surface area contributed by atoms with Gasteiger partial charge in [0.25, 0.3) is 0 Å². The second-order valence-corrected chi connectivity index (χ2v) is 10.7. The van der Waals surface area contributed by atoms with Gasteiger partial charge in [0.1, 0.15) is 6.29 Å². The summed E-state index contributed by atoms with van der Waals surface area (Å²) in [5, 5.41) is 3.23. The summed E-state index contributed by atoms with van der Waals surface area (Å²) in [6.07, 6.45) is 11.0. The zero-order valence-electron chi connectivity index (χ0n) is 21.6. The fourth-order valence-corrected chi connectivity index (χ4v) is 6.60. The summed E-state index contributed by atoms with van der Waals surface area (Å²) in [5.74, 6) is 1.41. The molecule has 186 valence electrons.